The van der Waals surface area contributed by atoms with Gasteiger partial charge in [0, 0.05) is 22.3 Å². The number of rotatable bonds is 4. The maximum atomic E-state index is 12.4. The average molecular weight is 311 g/mol. The van der Waals surface area contributed by atoms with Crippen molar-refractivity contribution in [3.8, 4) is 0 Å². The predicted octanol–water partition coefficient (Wildman–Crippen LogP) is 3.50. The number of carbonyl (C=O) groups is 1. The fraction of sp³-hybridized carbons (Fsp3) is 0.643. The largest absolute Gasteiger partial charge is 0.346 e. The number of aromatic nitrogens is 1. The summed E-state index contributed by atoms with van der Waals surface area (Å²) in [6.07, 6.45) is 6.87. The van der Waals surface area contributed by atoms with Crippen LogP contribution in [0.5, 0.6) is 0 Å². The summed E-state index contributed by atoms with van der Waals surface area (Å²) in [4.78, 5) is 12.4. The summed E-state index contributed by atoms with van der Waals surface area (Å²) < 4.78 is 3.10. The van der Waals surface area contributed by atoms with Gasteiger partial charge < -0.3 is 9.88 Å². The highest BCUT2D eigenvalue weighted by Gasteiger charge is 2.39. The van der Waals surface area contributed by atoms with Crippen LogP contribution in [0, 0.1) is 5.92 Å². The molecule has 3 nitrogen and oxygen atoms in total. The van der Waals surface area contributed by atoms with E-state index in [-0.39, 0.29) is 11.4 Å². The molecule has 4 heteroatoms. The lowest BCUT2D eigenvalue weighted by molar-refractivity contribution is 0.0893. The van der Waals surface area contributed by atoms with Crippen molar-refractivity contribution in [2.24, 2.45) is 5.92 Å². The van der Waals surface area contributed by atoms with Gasteiger partial charge in [-0.1, -0.05) is 0 Å². The van der Waals surface area contributed by atoms with Crippen LogP contribution in [0.2, 0.25) is 0 Å². The van der Waals surface area contributed by atoms with E-state index in [4.69, 9.17) is 0 Å². The van der Waals surface area contributed by atoms with Crippen LogP contribution in [0.25, 0.3) is 0 Å². The minimum atomic E-state index is -0.0811. The van der Waals surface area contributed by atoms with Gasteiger partial charge in [0.1, 0.15) is 5.69 Å². The topological polar surface area (TPSA) is 34.0 Å². The Morgan fingerprint density at radius 3 is 2.61 bits per heavy atom. The van der Waals surface area contributed by atoms with Gasteiger partial charge in [-0.3, -0.25) is 4.79 Å². The smallest absolute Gasteiger partial charge is 0.268 e. The Balaban J connectivity index is 1.79. The van der Waals surface area contributed by atoms with E-state index in [1.807, 2.05) is 12.3 Å². The molecule has 0 spiro atoms. The Morgan fingerprint density at radius 1 is 1.39 bits per heavy atom. The number of hydrogen-bond acceptors (Lipinski definition) is 1. The second-order valence-corrected chi connectivity index (χ2v) is 7.05. The van der Waals surface area contributed by atoms with Crippen molar-refractivity contribution in [3.63, 3.8) is 0 Å². The molecule has 2 saturated carbocycles. The van der Waals surface area contributed by atoms with Gasteiger partial charge in [0.15, 0.2) is 0 Å². The summed E-state index contributed by atoms with van der Waals surface area (Å²) in [5.41, 5.74) is 0.709. The highest BCUT2D eigenvalue weighted by Crippen LogP contribution is 2.40. The third kappa shape index (κ3) is 2.35. The molecule has 0 unspecified atom stereocenters. The van der Waals surface area contributed by atoms with Crippen molar-refractivity contribution in [1.29, 1.82) is 0 Å². The van der Waals surface area contributed by atoms with E-state index in [1.54, 1.807) is 0 Å². The van der Waals surface area contributed by atoms with Crippen molar-refractivity contribution in [2.45, 2.75) is 51.1 Å². The van der Waals surface area contributed by atoms with E-state index in [1.165, 1.54) is 25.7 Å². The van der Waals surface area contributed by atoms with E-state index in [9.17, 15) is 4.79 Å². The van der Waals surface area contributed by atoms with Crippen molar-refractivity contribution in [3.05, 3.63) is 22.4 Å². The second-order valence-electron chi connectivity index (χ2n) is 6.13. The Hall–Kier alpha value is -0.770. The summed E-state index contributed by atoms with van der Waals surface area (Å²) >= 11 is 3.47. The molecule has 1 amide bonds. The number of amides is 1. The summed E-state index contributed by atoms with van der Waals surface area (Å²) in [7, 11) is 0. The minimum absolute atomic E-state index is 0.0597. The van der Waals surface area contributed by atoms with Crippen LogP contribution in [0.3, 0.4) is 0 Å². The van der Waals surface area contributed by atoms with Gasteiger partial charge in [0.25, 0.3) is 5.91 Å². The van der Waals surface area contributed by atoms with Crippen LogP contribution in [0.15, 0.2) is 16.7 Å². The van der Waals surface area contributed by atoms with Crippen LogP contribution in [0.4, 0.5) is 0 Å². The lowest BCUT2D eigenvalue weighted by Crippen LogP contribution is -2.45. The quantitative estimate of drug-likeness (QED) is 0.907. The Morgan fingerprint density at radius 2 is 2.06 bits per heavy atom. The van der Waals surface area contributed by atoms with Crippen LogP contribution >= 0.6 is 15.9 Å². The lowest BCUT2D eigenvalue weighted by Gasteiger charge is -2.26. The molecule has 0 aromatic carbocycles. The Labute approximate surface area is 116 Å². The molecule has 0 radical (unpaired) electrons. The van der Waals surface area contributed by atoms with E-state index >= 15 is 0 Å². The third-order valence-corrected chi connectivity index (χ3v) is 4.46. The van der Waals surface area contributed by atoms with Gasteiger partial charge in [-0.25, -0.2) is 0 Å². The molecule has 1 aromatic rings. The zero-order chi connectivity index (χ0) is 12.9. The molecule has 0 aliphatic heterocycles. The molecule has 2 aliphatic carbocycles. The molecule has 0 atom stereocenters. The van der Waals surface area contributed by atoms with Crippen molar-refractivity contribution < 1.29 is 4.79 Å². The fourth-order valence-corrected chi connectivity index (χ4v) is 2.98. The van der Waals surface area contributed by atoms with E-state index < -0.39 is 0 Å². The first-order valence-corrected chi connectivity index (χ1v) is 7.46. The summed E-state index contributed by atoms with van der Waals surface area (Å²) in [6, 6.07) is 2.46. The molecular formula is C14H19BrN2O. The summed E-state index contributed by atoms with van der Waals surface area (Å²) in [5, 5.41) is 3.19. The molecule has 1 heterocycles. The molecule has 18 heavy (non-hydrogen) atoms. The van der Waals surface area contributed by atoms with Gasteiger partial charge in [0.2, 0.25) is 0 Å². The van der Waals surface area contributed by atoms with Crippen LogP contribution in [-0.4, -0.2) is 16.0 Å². The fourth-order valence-electron chi connectivity index (χ4n) is 2.55. The van der Waals surface area contributed by atoms with Gasteiger partial charge in [0.05, 0.1) is 0 Å². The van der Waals surface area contributed by atoms with Crippen LogP contribution < -0.4 is 5.32 Å². The Kier molecular flexibility index (Phi) is 2.81. The zero-order valence-electron chi connectivity index (χ0n) is 10.9. The first-order chi connectivity index (χ1) is 8.47. The molecule has 0 bridgehead atoms. The summed E-state index contributed by atoms with van der Waals surface area (Å²) in [5.74, 6) is 0.707. The molecule has 1 N–H and O–H groups in total. The molecule has 2 aliphatic rings. The molecular weight excluding hydrogens is 292 g/mol. The van der Waals surface area contributed by atoms with Crippen LogP contribution in [0.1, 0.15) is 56.1 Å². The van der Waals surface area contributed by atoms with Gasteiger partial charge in [-0.15, -0.1) is 0 Å². The van der Waals surface area contributed by atoms with Gasteiger partial charge in [-0.05, 0) is 67.4 Å². The summed E-state index contributed by atoms with van der Waals surface area (Å²) in [6.45, 7) is 4.25. The van der Waals surface area contributed by atoms with Gasteiger partial charge >= 0.3 is 0 Å². The molecule has 3 rings (SSSR count). The van der Waals surface area contributed by atoms with E-state index in [0.29, 0.717) is 12.0 Å². The highest BCUT2D eigenvalue weighted by atomic mass is 79.9. The predicted molar refractivity (Wildman–Crippen MR) is 74.7 cm³/mol. The maximum absolute atomic E-state index is 12.4. The number of nitrogens with one attached hydrogen (secondary N) is 1. The van der Waals surface area contributed by atoms with E-state index in [2.05, 4.69) is 39.7 Å². The Bertz CT molecular complexity index is 484. The first kappa shape index (κ1) is 12.3. The van der Waals surface area contributed by atoms with Crippen molar-refractivity contribution in [1.82, 2.24) is 9.88 Å². The molecule has 98 valence electrons. The SMILES string of the molecule is CC(C)(NC(=O)c1cc(Br)cn1C1CC1)C1CC1. The zero-order valence-corrected chi connectivity index (χ0v) is 12.5. The minimum Gasteiger partial charge on any atom is -0.346 e. The van der Waals surface area contributed by atoms with Crippen molar-refractivity contribution in [2.75, 3.05) is 0 Å². The number of carbonyl (C=O) groups excluding carboxylic acids is 1. The lowest BCUT2D eigenvalue weighted by atomic mass is 9.98. The van der Waals surface area contributed by atoms with Gasteiger partial charge in [-0.2, -0.15) is 0 Å². The second kappa shape index (κ2) is 4.12. The van der Waals surface area contributed by atoms with Crippen LogP contribution in [-0.2, 0) is 0 Å². The average Bonchev–Trinajstić information content (AvgIpc) is 3.13. The molecule has 0 saturated heterocycles. The normalized spacial score (nSPS) is 19.9. The maximum Gasteiger partial charge on any atom is 0.268 e. The van der Waals surface area contributed by atoms with E-state index in [0.717, 1.165) is 10.2 Å². The monoisotopic (exact) mass is 310 g/mol. The molecule has 2 fully saturated rings. The first-order valence-electron chi connectivity index (χ1n) is 6.67. The molecule has 1 aromatic heterocycles. The number of nitrogens with zero attached hydrogens (tertiary/aromatic N) is 1. The highest BCUT2D eigenvalue weighted by molar-refractivity contribution is 9.10. The van der Waals surface area contributed by atoms with Crippen molar-refractivity contribution >= 4 is 21.8 Å². The third-order valence-electron chi connectivity index (χ3n) is 4.02. The number of halogens is 1. The number of hydrogen-bond donors (Lipinski definition) is 1. The standard InChI is InChI=1S/C14H19BrN2O/c1-14(2,9-3-4-9)16-13(18)12-7-10(15)8-17(12)11-5-6-11/h7-9,11H,3-6H2,1-2H3,(H,16,18).